The van der Waals surface area contributed by atoms with Gasteiger partial charge in [0.15, 0.2) is 5.13 Å². The third kappa shape index (κ3) is 2.42. The Morgan fingerprint density at radius 1 is 1.55 bits per heavy atom. The van der Waals surface area contributed by atoms with E-state index in [0.717, 1.165) is 22.7 Å². The highest BCUT2D eigenvalue weighted by atomic mass is 35.5. The molecular weight excluding hydrogens is 301 g/mol. The standard InChI is InChI=1S/C13H11ClFN3OS/c14-9-3-7(1-2-10(9)15)8-4-16-5-11-12(8)20-13(18-11)17-6-19/h1-3,6,8,16H,4-5H2,(H,17,18,19). The summed E-state index contributed by atoms with van der Waals surface area (Å²) in [6.45, 7) is 1.40. The molecule has 1 aliphatic heterocycles. The van der Waals surface area contributed by atoms with Gasteiger partial charge in [-0.05, 0) is 17.7 Å². The molecule has 1 aromatic heterocycles. The largest absolute Gasteiger partial charge is 0.310 e. The molecule has 7 heteroatoms. The number of carbonyl (C=O) groups is 1. The van der Waals surface area contributed by atoms with Crippen LogP contribution in [0.1, 0.15) is 22.1 Å². The predicted molar refractivity (Wildman–Crippen MR) is 76.8 cm³/mol. The van der Waals surface area contributed by atoms with Crippen LogP contribution in [0.3, 0.4) is 0 Å². The Hall–Kier alpha value is -1.50. The number of hydrogen-bond acceptors (Lipinski definition) is 4. The SMILES string of the molecule is O=CNc1nc2c(s1)C(c1ccc(F)c(Cl)c1)CNC2. The molecule has 2 N–H and O–H groups in total. The van der Waals surface area contributed by atoms with Crippen molar-refractivity contribution in [2.75, 3.05) is 11.9 Å². The summed E-state index contributed by atoms with van der Waals surface area (Å²) in [5, 5.41) is 6.53. The average Bonchev–Trinajstić information content (AvgIpc) is 2.84. The highest BCUT2D eigenvalue weighted by Crippen LogP contribution is 2.37. The number of rotatable bonds is 3. The summed E-state index contributed by atoms with van der Waals surface area (Å²) in [5.41, 5.74) is 1.85. The number of nitrogens with one attached hydrogen (secondary N) is 2. The first-order valence-corrected chi connectivity index (χ1v) is 7.24. The number of hydrogen-bond donors (Lipinski definition) is 2. The maximum Gasteiger partial charge on any atom is 0.213 e. The number of nitrogens with zero attached hydrogens (tertiary/aromatic N) is 1. The number of amides is 1. The van der Waals surface area contributed by atoms with Crippen LogP contribution in [0.2, 0.25) is 5.02 Å². The minimum atomic E-state index is -0.424. The highest BCUT2D eigenvalue weighted by Gasteiger charge is 2.26. The molecule has 1 aliphatic rings. The first kappa shape index (κ1) is 13.5. The highest BCUT2D eigenvalue weighted by molar-refractivity contribution is 7.16. The Morgan fingerprint density at radius 3 is 3.15 bits per heavy atom. The van der Waals surface area contributed by atoms with E-state index in [1.807, 2.05) is 0 Å². The van der Waals surface area contributed by atoms with Crippen molar-refractivity contribution in [3.63, 3.8) is 0 Å². The topological polar surface area (TPSA) is 54.0 Å². The van der Waals surface area contributed by atoms with E-state index >= 15 is 0 Å². The van der Waals surface area contributed by atoms with Crippen molar-refractivity contribution in [2.24, 2.45) is 0 Å². The summed E-state index contributed by atoms with van der Waals surface area (Å²) in [5.74, 6) is -0.358. The molecule has 1 unspecified atom stereocenters. The lowest BCUT2D eigenvalue weighted by molar-refractivity contribution is -0.105. The second-order valence-corrected chi connectivity index (χ2v) is 5.89. The summed E-state index contributed by atoms with van der Waals surface area (Å²) in [4.78, 5) is 15.9. The first-order valence-electron chi connectivity index (χ1n) is 6.04. The maximum absolute atomic E-state index is 13.3. The lowest BCUT2D eigenvalue weighted by Gasteiger charge is -2.22. The van der Waals surface area contributed by atoms with Gasteiger partial charge in [-0.2, -0.15) is 0 Å². The van der Waals surface area contributed by atoms with Gasteiger partial charge in [-0.25, -0.2) is 9.37 Å². The molecule has 0 aliphatic carbocycles. The van der Waals surface area contributed by atoms with Gasteiger partial charge in [0, 0.05) is 23.9 Å². The fourth-order valence-electron chi connectivity index (χ4n) is 2.30. The number of halogens is 2. The molecule has 104 valence electrons. The van der Waals surface area contributed by atoms with E-state index in [-0.39, 0.29) is 10.9 Å². The Bertz CT molecular complexity index is 661. The number of carbonyl (C=O) groups excluding carboxylic acids is 1. The normalized spacial score (nSPS) is 17.6. The molecule has 0 saturated carbocycles. The summed E-state index contributed by atoms with van der Waals surface area (Å²) in [6, 6.07) is 4.75. The third-order valence-corrected chi connectivity index (χ3v) is 4.65. The molecule has 1 aromatic carbocycles. The average molecular weight is 312 g/mol. The molecule has 0 spiro atoms. The van der Waals surface area contributed by atoms with Crippen molar-refractivity contribution in [1.29, 1.82) is 0 Å². The van der Waals surface area contributed by atoms with Gasteiger partial charge in [0.2, 0.25) is 6.41 Å². The van der Waals surface area contributed by atoms with Crippen LogP contribution >= 0.6 is 22.9 Å². The number of thiazole rings is 1. The number of benzene rings is 1. The van der Waals surface area contributed by atoms with Crippen LogP contribution < -0.4 is 10.6 Å². The van der Waals surface area contributed by atoms with Gasteiger partial charge in [0.1, 0.15) is 5.82 Å². The molecule has 0 radical (unpaired) electrons. The van der Waals surface area contributed by atoms with Crippen LogP contribution in [0.25, 0.3) is 0 Å². The Morgan fingerprint density at radius 2 is 2.40 bits per heavy atom. The second-order valence-electron chi connectivity index (χ2n) is 4.45. The quantitative estimate of drug-likeness (QED) is 0.857. The molecule has 0 saturated heterocycles. The first-order chi connectivity index (χ1) is 9.69. The van der Waals surface area contributed by atoms with Gasteiger partial charge < -0.3 is 10.6 Å². The van der Waals surface area contributed by atoms with Gasteiger partial charge in [0.05, 0.1) is 10.7 Å². The molecule has 2 heterocycles. The van der Waals surface area contributed by atoms with Gasteiger partial charge in [-0.1, -0.05) is 17.7 Å². The molecule has 1 atom stereocenters. The van der Waals surface area contributed by atoms with E-state index in [2.05, 4.69) is 15.6 Å². The molecule has 0 fully saturated rings. The van der Waals surface area contributed by atoms with Crippen molar-refractivity contribution in [1.82, 2.24) is 10.3 Å². The minimum Gasteiger partial charge on any atom is -0.310 e. The predicted octanol–water partition coefficient (Wildman–Crippen LogP) is 2.74. The number of aromatic nitrogens is 1. The molecular formula is C13H11ClFN3OS. The summed E-state index contributed by atoms with van der Waals surface area (Å²) < 4.78 is 13.3. The van der Waals surface area contributed by atoms with Crippen LogP contribution in [0.5, 0.6) is 0 Å². The summed E-state index contributed by atoms with van der Waals surface area (Å²) in [6.07, 6.45) is 0.613. The van der Waals surface area contributed by atoms with Crippen LogP contribution in [0.15, 0.2) is 18.2 Å². The fourth-order valence-corrected chi connectivity index (χ4v) is 3.56. The van der Waals surface area contributed by atoms with Crippen LogP contribution in [0, 0.1) is 5.82 Å². The van der Waals surface area contributed by atoms with E-state index in [0.29, 0.717) is 18.1 Å². The monoisotopic (exact) mass is 311 g/mol. The van der Waals surface area contributed by atoms with E-state index in [4.69, 9.17) is 11.6 Å². The lowest BCUT2D eigenvalue weighted by Crippen LogP contribution is -2.28. The maximum atomic E-state index is 13.3. The smallest absolute Gasteiger partial charge is 0.213 e. The fraction of sp³-hybridized carbons (Fsp3) is 0.231. The van der Waals surface area contributed by atoms with Crippen molar-refractivity contribution >= 4 is 34.5 Å². The van der Waals surface area contributed by atoms with E-state index in [9.17, 15) is 9.18 Å². The second kappa shape index (κ2) is 5.47. The van der Waals surface area contributed by atoms with E-state index in [1.165, 1.54) is 17.4 Å². The van der Waals surface area contributed by atoms with Gasteiger partial charge in [-0.15, -0.1) is 11.3 Å². The van der Waals surface area contributed by atoms with Gasteiger partial charge in [0.25, 0.3) is 0 Å². The van der Waals surface area contributed by atoms with Crippen molar-refractivity contribution in [2.45, 2.75) is 12.5 Å². The van der Waals surface area contributed by atoms with Gasteiger partial charge >= 0.3 is 0 Å². The van der Waals surface area contributed by atoms with Crippen molar-refractivity contribution in [3.8, 4) is 0 Å². The van der Waals surface area contributed by atoms with Crippen molar-refractivity contribution in [3.05, 3.63) is 45.2 Å². The zero-order valence-corrected chi connectivity index (χ0v) is 11.9. The summed E-state index contributed by atoms with van der Waals surface area (Å²) >= 11 is 7.29. The Balaban J connectivity index is 2.00. The number of anilines is 1. The zero-order valence-electron chi connectivity index (χ0n) is 10.3. The third-order valence-electron chi connectivity index (χ3n) is 3.21. The molecule has 0 bridgehead atoms. The Kier molecular flexibility index (Phi) is 3.69. The lowest BCUT2D eigenvalue weighted by atomic mass is 9.94. The van der Waals surface area contributed by atoms with Crippen LogP contribution in [-0.4, -0.2) is 17.9 Å². The van der Waals surface area contributed by atoms with E-state index in [1.54, 1.807) is 12.1 Å². The van der Waals surface area contributed by atoms with Gasteiger partial charge in [-0.3, -0.25) is 4.79 Å². The van der Waals surface area contributed by atoms with E-state index < -0.39 is 5.82 Å². The molecule has 20 heavy (non-hydrogen) atoms. The zero-order chi connectivity index (χ0) is 14.1. The molecule has 2 aromatic rings. The van der Waals surface area contributed by atoms with Crippen LogP contribution in [0.4, 0.5) is 9.52 Å². The molecule has 3 rings (SSSR count). The molecule has 4 nitrogen and oxygen atoms in total. The minimum absolute atomic E-state index is 0.0663. The van der Waals surface area contributed by atoms with Crippen LogP contribution in [-0.2, 0) is 11.3 Å². The van der Waals surface area contributed by atoms with Crippen molar-refractivity contribution < 1.29 is 9.18 Å². The molecule has 1 amide bonds. The Labute approximate surface area is 124 Å². The number of fused-ring (bicyclic) bond motifs is 1. The summed E-state index contributed by atoms with van der Waals surface area (Å²) in [7, 11) is 0.